The van der Waals surface area contributed by atoms with Crippen LogP contribution in [0.4, 0.5) is 11.5 Å². The number of aromatic nitrogens is 1. The number of ether oxygens (including phenoxy) is 1. The number of benzene rings is 3. The Morgan fingerprint density at radius 1 is 0.951 bits per heavy atom. The highest BCUT2D eigenvalue weighted by atomic mass is 127. The molecule has 218 valence electrons. The van der Waals surface area contributed by atoms with Crippen molar-refractivity contribution >= 4 is 40.2 Å². The molecule has 2 heterocycles. The van der Waals surface area contributed by atoms with Gasteiger partial charge in [-0.25, -0.2) is 0 Å². The van der Waals surface area contributed by atoms with E-state index in [1.54, 1.807) is 7.11 Å². The minimum atomic E-state index is 0. The number of pyridine rings is 1. The van der Waals surface area contributed by atoms with Gasteiger partial charge < -0.3 is 62.1 Å². The van der Waals surface area contributed by atoms with E-state index in [4.69, 9.17) is 4.74 Å². The minimum Gasteiger partial charge on any atom is -1.00 e. The maximum atomic E-state index is 5.72. The molecule has 4 aromatic rings. The monoisotopic (exact) mass is 794 g/mol. The van der Waals surface area contributed by atoms with E-state index in [9.17, 15) is 0 Å². The molecule has 0 saturated carbocycles. The van der Waals surface area contributed by atoms with Gasteiger partial charge in [-0.15, -0.1) is 0 Å². The predicted octanol–water partition coefficient (Wildman–Crippen LogP) is 0.596. The standard InChI is InChI=1S/C33H40N4OS.2HI/c1-7-35(20-13-21-37(3,4)5)32-22-25(23-33-34(2)29-16-11-12-17-31(29)39-33)28-19-18-27(38-6)24-30(28)36(32)26-14-9-8-10-15-26;;/h8-12,14-19,22-24H,7,13,20-21H2,1-6H3;2*1H/q+2;;/p-2. The van der Waals surface area contributed by atoms with Gasteiger partial charge in [0.2, 0.25) is 0 Å². The first-order valence-electron chi connectivity index (χ1n) is 13.7. The van der Waals surface area contributed by atoms with Crippen molar-refractivity contribution in [1.29, 1.82) is 0 Å². The van der Waals surface area contributed by atoms with Gasteiger partial charge in [0, 0.05) is 35.9 Å². The quantitative estimate of drug-likeness (QED) is 0.141. The molecule has 41 heavy (non-hydrogen) atoms. The van der Waals surface area contributed by atoms with Crippen molar-refractivity contribution in [2.24, 2.45) is 0 Å². The van der Waals surface area contributed by atoms with Crippen molar-refractivity contribution in [1.82, 2.24) is 0 Å². The topological polar surface area (TPSA) is 19.6 Å². The van der Waals surface area contributed by atoms with Crippen molar-refractivity contribution < 1.29 is 61.7 Å². The molecule has 3 aromatic carbocycles. The van der Waals surface area contributed by atoms with Crippen molar-refractivity contribution in [2.45, 2.75) is 18.2 Å². The molecule has 0 atom stereocenters. The number of methoxy groups -OCH3 is 1. The second-order valence-corrected chi connectivity index (χ2v) is 12.1. The number of thioether (sulfide) groups is 1. The van der Waals surface area contributed by atoms with Gasteiger partial charge in [-0.2, -0.15) is 4.57 Å². The van der Waals surface area contributed by atoms with Gasteiger partial charge >= 0.3 is 0 Å². The number of hydrogen-bond acceptors (Lipinski definition) is 4. The van der Waals surface area contributed by atoms with E-state index in [1.165, 1.54) is 32.4 Å². The molecule has 0 saturated heterocycles. The average molecular weight is 795 g/mol. The zero-order valence-corrected chi connectivity index (χ0v) is 29.9. The van der Waals surface area contributed by atoms with Gasteiger partial charge in [0.15, 0.2) is 0 Å². The second-order valence-electron chi connectivity index (χ2n) is 11.1. The number of fused-ring (bicyclic) bond motifs is 2. The fraction of sp³-hybridized carbons (Fsp3) is 0.303. The van der Waals surface area contributed by atoms with Gasteiger partial charge in [0.05, 0.1) is 58.6 Å². The highest BCUT2D eigenvalue weighted by Crippen LogP contribution is 2.46. The van der Waals surface area contributed by atoms with Crippen molar-refractivity contribution in [3.63, 3.8) is 0 Å². The van der Waals surface area contributed by atoms with E-state index < -0.39 is 0 Å². The van der Waals surface area contributed by atoms with Gasteiger partial charge in [-0.3, -0.25) is 4.90 Å². The summed E-state index contributed by atoms with van der Waals surface area (Å²) in [4.78, 5) is 6.11. The minimum absolute atomic E-state index is 0. The van der Waals surface area contributed by atoms with Crippen LogP contribution < -0.4 is 67.1 Å². The van der Waals surface area contributed by atoms with Crippen LogP contribution in [0.25, 0.3) is 22.7 Å². The fourth-order valence-electron chi connectivity index (χ4n) is 5.22. The molecule has 0 aliphatic carbocycles. The van der Waals surface area contributed by atoms with Crippen LogP contribution in [-0.4, -0.2) is 59.4 Å². The normalized spacial score (nSPS) is 13.5. The van der Waals surface area contributed by atoms with Gasteiger partial charge in [0.1, 0.15) is 17.0 Å². The maximum Gasteiger partial charge on any atom is 0.282 e. The summed E-state index contributed by atoms with van der Waals surface area (Å²) in [5.41, 5.74) is 4.75. The molecule has 0 unspecified atom stereocenters. The molecule has 5 rings (SSSR count). The summed E-state index contributed by atoms with van der Waals surface area (Å²) in [6.45, 7) is 5.30. The van der Waals surface area contributed by atoms with Crippen LogP contribution in [0.5, 0.6) is 5.75 Å². The van der Waals surface area contributed by atoms with Gasteiger partial charge in [0.25, 0.3) is 5.82 Å². The first-order valence-corrected chi connectivity index (χ1v) is 14.5. The molecule has 1 aliphatic rings. The van der Waals surface area contributed by atoms with Crippen LogP contribution in [0.3, 0.4) is 0 Å². The van der Waals surface area contributed by atoms with E-state index >= 15 is 0 Å². The Labute approximate surface area is 283 Å². The highest BCUT2D eigenvalue weighted by Gasteiger charge is 2.27. The Morgan fingerprint density at radius 3 is 2.32 bits per heavy atom. The lowest BCUT2D eigenvalue weighted by atomic mass is 10.1. The van der Waals surface area contributed by atoms with Crippen molar-refractivity contribution in [3.05, 3.63) is 89.5 Å². The first-order chi connectivity index (χ1) is 18.8. The van der Waals surface area contributed by atoms with Crippen molar-refractivity contribution in [3.8, 4) is 11.4 Å². The highest BCUT2D eigenvalue weighted by molar-refractivity contribution is 8.03. The fourth-order valence-corrected chi connectivity index (χ4v) is 6.33. The lowest BCUT2D eigenvalue weighted by Gasteiger charge is -2.25. The zero-order valence-electron chi connectivity index (χ0n) is 24.8. The van der Waals surface area contributed by atoms with E-state index in [-0.39, 0.29) is 48.0 Å². The van der Waals surface area contributed by atoms with Crippen LogP contribution in [-0.2, 0) is 0 Å². The Kier molecular flexibility index (Phi) is 11.8. The van der Waals surface area contributed by atoms with Crippen LogP contribution in [0.15, 0.2) is 88.8 Å². The van der Waals surface area contributed by atoms with E-state index in [0.717, 1.165) is 47.5 Å². The molecule has 0 fully saturated rings. The average Bonchev–Trinajstić information content (AvgIpc) is 3.25. The van der Waals surface area contributed by atoms with Gasteiger partial charge in [-0.05, 0) is 55.0 Å². The lowest BCUT2D eigenvalue weighted by molar-refractivity contribution is -0.870. The van der Waals surface area contributed by atoms with E-state index in [0.29, 0.717) is 0 Å². The van der Waals surface area contributed by atoms with E-state index in [1.807, 2.05) is 11.8 Å². The summed E-state index contributed by atoms with van der Waals surface area (Å²) in [7, 11) is 10.7. The number of quaternary nitrogens is 1. The number of anilines is 2. The molecule has 0 amide bonds. The summed E-state index contributed by atoms with van der Waals surface area (Å²) in [6, 6.07) is 28.1. The molecule has 0 radical (unpaired) electrons. The predicted molar refractivity (Wildman–Crippen MR) is 166 cm³/mol. The van der Waals surface area contributed by atoms with E-state index in [2.05, 4.69) is 134 Å². The number of rotatable bonds is 9. The summed E-state index contributed by atoms with van der Waals surface area (Å²) >= 11 is 1.83. The van der Waals surface area contributed by atoms with Crippen LogP contribution in [0.2, 0.25) is 0 Å². The number of halogens is 2. The van der Waals surface area contributed by atoms with Crippen LogP contribution in [0, 0.1) is 0 Å². The summed E-state index contributed by atoms with van der Waals surface area (Å²) in [5, 5.41) is 2.42. The Hall–Kier alpha value is -2.02. The second kappa shape index (κ2) is 14.4. The third-order valence-corrected chi connectivity index (χ3v) is 8.46. The molecule has 5 nitrogen and oxygen atoms in total. The van der Waals surface area contributed by atoms with Gasteiger partial charge in [-0.1, -0.05) is 42.1 Å². The molecule has 1 aliphatic heterocycles. The smallest absolute Gasteiger partial charge is 0.282 e. The third-order valence-electron chi connectivity index (χ3n) is 7.30. The van der Waals surface area contributed by atoms with Crippen LogP contribution in [0.1, 0.15) is 18.9 Å². The molecule has 0 spiro atoms. The first kappa shape index (κ1) is 33.5. The maximum absolute atomic E-state index is 5.72. The molecule has 0 bridgehead atoms. The summed E-state index contributed by atoms with van der Waals surface area (Å²) in [5.74, 6) is 2.05. The van der Waals surface area contributed by atoms with Crippen molar-refractivity contribution in [2.75, 3.05) is 64.7 Å². The number of para-hydroxylation sites is 2. The van der Waals surface area contributed by atoms with Crippen LogP contribution >= 0.6 is 11.8 Å². The third kappa shape index (κ3) is 7.50. The lowest BCUT2D eigenvalue weighted by Crippen LogP contribution is -3.00. The Morgan fingerprint density at radius 2 is 1.66 bits per heavy atom. The molecular formula is C33H40I2N4OS. The zero-order chi connectivity index (χ0) is 27.6. The molecule has 0 N–H and O–H groups in total. The Bertz CT molecular complexity index is 1500. The SMILES string of the molecule is CCN(CCC[N+](C)(C)C)c1cc(C=C2Sc3ccccc3N2C)c2ccc(OC)cc2[n+]1-c1ccccc1.[I-].[I-]. The molecule has 1 aromatic heterocycles. The number of nitrogens with zero attached hydrogens (tertiary/aromatic N) is 4. The summed E-state index contributed by atoms with van der Waals surface area (Å²) < 4.78 is 9.08. The Balaban J connectivity index is 0.00000231. The molecular weight excluding hydrogens is 754 g/mol. The summed E-state index contributed by atoms with van der Waals surface area (Å²) in [6.07, 6.45) is 3.46. The largest absolute Gasteiger partial charge is 1.00 e. The molecule has 8 heteroatoms. The number of hydrogen-bond donors (Lipinski definition) is 0.